The molecule has 4 saturated carbocycles. The third kappa shape index (κ3) is 2.15. The number of terminal acetylenes is 1. The summed E-state index contributed by atoms with van der Waals surface area (Å²) in [5, 5.41) is 19.1. The minimum atomic E-state index is -1.09. The van der Waals surface area contributed by atoms with E-state index in [2.05, 4.69) is 5.92 Å². The number of hydrogen-bond donors (Lipinski definition) is 2. The summed E-state index contributed by atoms with van der Waals surface area (Å²) in [5.74, 6) is 2.88. The maximum atomic E-state index is 11.8. The van der Waals surface area contributed by atoms with Crippen LogP contribution in [0.2, 0.25) is 0 Å². The van der Waals surface area contributed by atoms with Gasteiger partial charge in [-0.3, -0.25) is 0 Å². The minimum Gasteiger partial charge on any atom is -0.478 e. The Morgan fingerprint density at radius 1 is 0.917 bits per heavy atom. The molecule has 0 aromatic heterocycles. The molecule has 4 fully saturated rings. The summed E-state index contributed by atoms with van der Waals surface area (Å²) in [6, 6.07) is 2.76. The van der Waals surface area contributed by atoms with Gasteiger partial charge in [-0.1, -0.05) is 5.92 Å². The highest BCUT2D eigenvalue weighted by Gasteiger charge is 2.50. The highest BCUT2D eigenvalue weighted by molar-refractivity contribution is 5.96. The van der Waals surface area contributed by atoms with Gasteiger partial charge in [0.25, 0.3) is 0 Å². The normalized spacial score (nSPS) is 33.2. The summed E-state index contributed by atoms with van der Waals surface area (Å²) < 4.78 is 0. The second-order valence-electron chi connectivity index (χ2n) is 7.66. The highest BCUT2D eigenvalue weighted by Crippen LogP contribution is 2.60. The Balaban J connectivity index is 1.90. The lowest BCUT2D eigenvalue weighted by Gasteiger charge is -2.55. The average molecular weight is 324 g/mol. The van der Waals surface area contributed by atoms with Gasteiger partial charge >= 0.3 is 11.9 Å². The molecule has 0 heterocycles. The van der Waals surface area contributed by atoms with Crippen molar-refractivity contribution in [3.05, 3.63) is 34.4 Å². The Hall–Kier alpha value is -2.28. The summed E-state index contributed by atoms with van der Waals surface area (Å²) in [6.45, 7) is 0. The largest absolute Gasteiger partial charge is 0.478 e. The van der Waals surface area contributed by atoms with Crippen molar-refractivity contribution in [2.24, 2.45) is 23.7 Å². The van der Waals surface area contributed by atoms with Crippen molar-refractivity contribution in [2.75, 3.05) is 0 Å². The van der Waals surface area contributed by atoms with Gasteiger partial charge in [-0.15, -0.1) is 6.42 Å². The zero-order chi connectivity index (χ0) is 17.0. The molecule has 0 atom stereocenters. The van der Waals surface area contributed by atoms with E-state index in [1.165, 1.54) is 18.6 Å². The lowest BCUT2D eigenvalue weighted by molar-refractivity contribution is -0.00328. The molecular formula is C20H20O4. The van der Waals surface area contributed by atoms with Crippen molar-refractivity contribution < 1.29 is 19.8 Å². The van der Waals surface area contributed by atoms with E-state index in [9.17, 15) is 19.8 Å². The summed E-state index contributed by atoms with van der Waals surface area (Å²) in [4.78, 5) is 23.4. The molecule has 0 aliphatic heterocycles. The van der Waals surface area contributed by atoms with Crippen LogP contribution in [-0.4, -0.2) is 22.2 Å². The Bertz CT molecular complexity index is 743. The molecule has 0 unspecified atom stereocenters. The number of carbonyl (C=O) groups is 2. The van der Waals surface area contributed by atoms with Gasteiger partial charge in [-0.25, -0.2) is 9.59 Å². The maximum Gasteiger partial charge on any atom is 0.336 e. The van der Waals surface area contributed by atoms with Gasteiger partial charge in [0.1, 0.15) is 0 Å². The second-order valence-corrected chi connectivity index (χ2v) is 7.66. The van der Waals surface area contributed by atoms with Crippen LogP contribution in [0.5, 0.6) is 0 Å². The Kier molecular flexibility index (Phi) is 3.42. The van der Waals surface area contributed by atoms with Crippen LogP contribution in [0.25, 0.3) is 0 Å². The smallest absolute Gasteiger partial charge is 0.336 e. The molecule has 5 rings (SSSR count). The first-order valence-electron chi connectivity index (χ1n) is 8.59. The molecule has 4 heteroatoms. The molecule has 0 saturated heterocycles. The molecule has 2 N–H and O–H groups in total. The summed E-state index contributed by atoms with van der Waals surface area (Å²) >= 11 is 0. The molecular weight excluding hydrogens is 304 g/mol. The minimum absolute atomic E-state index is 0.0475. The van der Waals surface area contributed by atoms with Crippen LogP contribution in [0.3, 0.4) is 0 Å². The van der Waals surface area contributed by atoms with Crippen LogP contribution in [0.15, 0.2) is 12.1 Å². The predicted molar refractivity (Wildman–Crippen MR) is 88.1 cm³/mol. The van der Waals surface area contributed by atoms with Crippen molar-refractivity contribution >= 4 is 11.9 Å². The van der Waals surface area contributed by atoms with E-state index >= 15 is 0 Å². The molecule has 1 aromatic rings. The Labute approximate surface area is 140 Å². The first kappa shape index (κ1) is 15.3. The number of aromatic carboxylic acids is 2. The number of carboxylic acid groups (broad SMARTS) is 2. The summed E-state index contributed by atoms with van der Waals surface area (Å²) in [7, 11) is 0. The molecule has 0 amide bonds. The van der Waals surface area contributed by atoms with E-state index < -0.39 is 11.9 Å². The van der Waals surface area contributed by atoms with E-state index in [0.29, 0.717) is 17.4 Å². The molecule has 1 aromatic carbocycles. The predicted octanol–water partition coefficient (Wildman–Crippen LogP) is 3.60. The molecule has 124 valence electrons. The van der Waals surface area contributed by atoms with Crippen LogP contribution in [0.4, 0.5) is 0 Å². The average Bonchev–Trinajstić information content (AvgIpc) is 2.52. The number of rotatable bonds is 3. The van der Waals surface area contributed by atoms with Gasteiger partial charge in [-0.05, 0) is 79.4 Å². The molecule has 4 aliphatic carbocycles. The van der Waals surface area contributed by atoms with Gasteiger partial charge in [0.05, 0.1) is 11.1 Å². The standard InChI is InChI=1S/C20H20O4/c1-2-14-15(19(21)22)3-4-16(20(23)24)18(14)17-12-6-10-5-11(8-12)9-13(17)7-10/h1,3-4,10-13,17H,5-9H2,(H,21,22)(H,23,24). The van der Waals surface area contributed by atoms with Crippen LogP contribution in [0.1, 0.15) is 69.9 Å². The Morgan fingerprint density at radius 3 is 1.88 bits per heavy atom. The lowest BCUT2D eigenvalue weighted by Crippen LogP contribution is -2.44. The van der Waals surface area contributed by atoms with E-state index in [1.807, 2.05) is 0 Å². The third-order valence-corrected chi connectivity index (χ3v) is 6.41. The van der Waals surface area contributed by atoms with Crippen molar-refractivity contribution in [3.8, 4) is 12.3 Å². The lowest BCUT2D eigenvalue weighted by atomic mass is 9.50. The topological polar surface area (TPSA) is 74.6 Å². The molecule has 0 spiro atoms. The van der Waals surface area contributed by atoms with Crippen molar-refractivity contribution in [3.63, 3.8) is 0 Å². The van der Waals surface area contributed by atoms with Gasteiger partial charge < -0.3 is 10.2 Å². The maximum absolute atomic E-state index is 11.8. The second kappa shape index (κ2) is 5.37. The Morgan fingerprint density at radius 2 is 1.42 bits per heavy atom. The number of hydrogen-bond acceptors (Lipinski definition) is 2. The summed E-state index contributed by atoms with van der Waals surface area (Å²) in [5.41, 5.74) is 1.12. The van der Waals surface area contributed by atoms with E-state index in [0.717, 1.165) is 37.5 Å². The first-order valence-corrected chi connectivity index (χ1v) is 8.59. The van der Waals surface area contributed by atoms with Crippen LogP contribution >= 0.6 is 0 Å². The van der Waals surface area contributed by atoms with Crippen molar-refractivity contribution in [1.29, 1.82) is 0 Å². The highest BCUT2D eigenvalue weighted by atomic mass is 16.4. The fraction of sp³-hybridized carbons (Fsp3) is 0.500. The van der Waals surface area contributed by atoms with E-state index in [4.69, 9.17) is 6.42 Å². The SMILES string of the molecule is C#Cc1c(C(=O)O)ccc(C(=O)O)c1C1C2CC3CC(C2)CC1C3. The quantitative estimate of drug-likeness (QED) is 0.833. The van der Waals surface area contributed by atoms with Gasteiger partial charge in [0.2, 0.25) is 0 Å². The zero-order valence-electron chi connectivity index (χ0n) is 13.4. The molecule has 24 heavy (non-hydrogen) atoms. The van der Waals surface area contributed by atoms with E-state index in [1.54, 1.807) is 0 Å². The van der Waals surface area contributed by atoms with Crippen LogP contribution in [0, 0.1) is 36.0 Å². The molecule has 4 aliphatic rings. The fourth-order valence-electron chi connectivity index (χ4n) is 5.88. The molecule has 4 nitrogen and oxygen atoms in total. The van der Waals surface area contributed by atoms with Gasteiger partial charge in [-0.2, -0.15) is 0 Å². The number of carboxylic acids is 2. The summed E-state index contributed by atoms with van der Waals surface area (Å²) in [6.07, 6.45) is 11.4. The fourth-order valence-corrected chi connectivity index (χ4v) is 5.88. The van der Waals surface area contributed by atoms with E-state index in [-0.39, 0.29) is 22.6 Å². The van der Waals surface area contributed by atoms with Crippen LogP contribution in [-0.2, 0) is 0 Å². The zero-order valence-corrected chi connectivity index (χ0v) is 13.4. The first-order chi connectivity index (χ1) is 11.5. The number of benzene rings is 1. The van der Waals surface area contributed by atoms with Crippen molar-refractivity contribution in [2.45, 2.75) is 38.0 Å². The molecule has 4 bridgehead atoms. The van der Waals surface area contributed by atoms with Crippen LogP contribution < -0.4 is 0 Å². The van der Waals surface area contributed by atoms with Gasteiger partial charge in [0, 0.05) is 5.56 Å². The van der Waals surface area contributed by atoms with Crippen molar-refractivity contribution in [1.82, 2.24) is 0 Å². The monoisotopic (exact) mass is 324 g/mol. The molecule has 0 radical (unpaired) electrons. The van der Waals surface area contributed by atoms with Gasteiger partial charge in [0.15, 0.2) is 0 Å². The third-order valence-electron chi connectivity index (χ3n) is 6.41.